The summed E-state index contributed by atoms with van der Waals surface area (Å²) in [6.45, 7) is 5.16. The Morgan fingerprint density at radius 1 is 1.00 bits per heavy atom. The van der Waals surface area contributed by atoms with Crippen molar-refractivity contribution in [2.45, 2.75) is 90.1 Å². The molecule has 0 aromatic heterocycles. The molecule has 4 rings (SSSR count). The van der Waals surface area contributed by atoms with Crippen molar-refractivity contribution in [2.75, 3.05) is 13.2 Å². The minimum atomic E-state index is -0.885. The van der Waals surface area contributed by atoms with E-state index >= 15 is 0 Å². The molecule has 5 unspecified atom stereocenters. The highest BCUT2D eigenvalue weighted by Gasteiger charge is 2.31. The van der Waals surface area contributed by atoms with Crippen LogP contribution < -0.4 is 4.74 Å². The maximum atomic E-state index is 14.6. The fourth-order valence-corrected chi connectivity index (χ4v) is 6.15. The lowest BCUT2D eigenvalue weighted by Gasteiger charge is -2.35. The van der Waals surface area contributed by atoms with Crippen molar-refractivity contribution in [3.8, 4) is 5.75 Å². The Labute approximate surface area is 198 Å². The molecule has 1 saturated heterocycles. The summed E-state index contributed by atoms with van der Waals surface area (Å²) in [6.07, 6.45) is 19.2. The zero-order valence-corrected chi connectivity index (χ0v) is 20.3. The Hall–Kier alpha value is -1.68. The number of halogens is 2. The van der Waals surface area contributed by atoms with E-state index in [2.05, 4.69) is 19.1 Å². The van der Waals surface area contributed by atoms with Crippen LogP contribution in [0.1, 0.15) is 89.5 Å². The maximum absolute atomic E-state index is 14.6. The molecule has 1 aromatic carbocycles. The first-order valence-corrected chi connectivity index (χ1v) is 13.2. The van der Waals surface area contributed by atoms with Crippen molar-refractivity contribution in [2.24, 2.45) is 17.8 Å². The summed E-state index contributed by atoms with van der Waals surface area (Å²) in [4.78, 5) is 0. The van der Waals surface area contributed by atoms with Crippen LogP contribution in [0.15, 0.2) is 35.9 Å². The summed E-state index contributed by atoms with van der Waals surface area (Å²) < 4.78 is 40.5. The van der Waals surface area contributed by atoms with Crippen LogP contribution in [-0.4, -0.2) is 19.3 Å². The standard InChI is InChI=1S/C29H40F2O2/c1-3-6-20-7-5-8-23(10-9-20)26-17-15-24(19-33-26)21-11-13-22(14-12-21)25-16-18-27(32-4-2)29(31)28(25)30/h11-13,16,18,20,22-24,26H,3-10,14-15,17,19H2,1-2H3. The predicted octanol–water partition coefficient (Wildman–Crippen LogP) is 8.13. The molecular weight excluding hydrogens is 418 g/mol. The van der Waals surface area contributed by atoms with Gasteiger partial charge in [0, 0.05) is 11.8 Å². The third-order valence-corrected chi connectivity index (χ3v) is 8.04. The van der Waals surface area contributed by atoms with E-state index in [1.54, 1.807) is 13.0 Å². The summed E-state index contributed by atoms with van der Waals surface area (Å²) in [7, 11) is 0. The van der Waals surface area contributed by atoms with Gasteiger partial charge in [-0.15, -0.1) is 0 Å². The second-order valence-corrected chi connectivity index (χ2v) is 10.2. The van der Waals surface area contributed by atoms with Crippen LogP contribution in [-0.2, 0) is 4.74 Å². The second kappa shape index (κ2) is 11.6. The van der Waals surface area contributed by atoms with Crippen molar-refractivity contribution in [1.82, 2.24) is 0 Å². The van der Waals surface area contributed by atoms with E-state index in [9.17, 15) is 8.78 Å². The molecule has 1 saturated carbocycles. The number of hydrogen-bond donors (Lipinski definition) is 0. The molecule has 5 atom stereocenters. The molecule has 0 spiro atoms. The molecule has 3 aliphatic rings. The van der Waals surface area contributed by atoms with Crippen LogP contribution in [0.2, 0.25) is 0 Å². The van der Waals surface area contributed by atoms with Gasteiger partial charge in [0.05, 0.1) is 19.3 Å². The molecule has 2 nitrogen and oxygen atoms in total. The Morgan fingerprint density at radius 2 is 1.88 bits per heavy atom. The van der Waals surface area contributed by atoms with E-state index in [1.165, 1.54) is 56.6 Å². The molecule has 1 heterocycles. The lowest BCUT2D eigenvalue weighted by atomic mass is 9.81. The van der Waals surface area contributed by atoms with Gasteiger partial charge in [-0.05, 0) is 68.1 Å². The third-order valence-electron chi connectivity index (χ3n) is 8.04. The van der Waals surface area contributed by atoms with Gasteiger partial charge in [0.1, 0.15) is 0 Å². The van der Waals surface area contributed by atoms with Crippen LogP contribution >= 0.6 is 0 Å². The van der Waals surface area contributed by atoms with Crippen molar-refractivity contribution < 1.29 is 18.3 Å². The summed E-state index contributed by atoms with van der Waals surface area (Å²) in [5, 5.41) is 0. The Kier molecular flexibility index (Phi) is 8.62. The van der Waals surface area contributed by atoms with E-state index in [1.807, 2.05) is 6.08 Å². The number of allylic oxidation sites excluding steroid dienone is 3. The van der Waals surface area contributed by atoms with E-state index in [-0.39, 0.29) is 11.7 Å². The quantitative estimate of drug-likeness (QED) is 0.384. The minimum absolute atomic E-state index is 0.0155. The highest BCUT2D eigenvalue weighted by molar-refractivity contribution is 5.38. The zero-order chi connectivity index (χ0) is 23.2. The average Bonchev–Trinajstić information content (AvgIpc) is 3.09. The van der Waals surface area contributed by atoms with Crippen LogP contribution in [0.25, 0.3) is 0 Å². The average molecular weight is 459 g/mol. The van der Waals surface area contributed by atoms with Gasteiger partial charge in [0.15, 0.2) is 11.6 Å². The largest absolute Gasteiger partial charge is 0.491 e. The maximum Gasteiger partial charge on any atom is 0.200 e. The molecule has 2 aliphatic carbocycles. The summed E-state index contributed by atoms with van der Waals surface area (Å²) in [5.41, 5.74) is 1.69. The van der Waals surface area contributed by atoms with Crippen molar-refractivity contribution >= 4 is 0 Å². The SMILES string of the molecule is CCCC1CCCC(C2CCC(C3=CCC(c4ccc(OCC)c(F)c4F)C=C3)CO2)CC1. The molecular formula is C29H40F2O2. The highest BCUT2D eigenvalue weighted by atomic mass is 19.2. The van der Waals surface area contributed by atoms with E-state index in [0.717, 1.165) is 31.3 Å². The van der Waals surface area contributed by atoms with Gasteiger partial charge < -0.3 is 9.47 Å². The fourth-order valence-electron chi connectivity index (χ4n) is 6.15. The predicted molar refractivity (Wildman–Crippen MR) is 130 cm³/mol. The van der Waals surface area contributed by atoms with Crippen molar-refractivity contribution in [3.05, 3.63) is 53.1 Å². The molecule has 0 amide bonds. The second-order valence-electron chi connectivity index (χ2n) is 10.2. The highest BCUT2D eigenvalue weighted by Crippen LogP contribution is 2.39. The fraction of sp³-hybridized carbons (Fsp3) is 0.655. The smallest absolute Gasteiger partial charge is 0.200 e. The summed E-state index contributed by atoms with van der Waals surface area (Å²) in [6, 6.07) is 3.20. The van der Waals surface area contributed by atoms with Crippen LogP contribution in [0.4, 0.5) is 8.78 Å². The third kappa shape index (κ3) is 5.88. The lowest BCUT2D eigenvalue weighted by Crippen LogP contribution is -2.32. The van der Waals surface area contributed by atoms with Gasteiger partial charge in [0.25, 0.3) is 0 Å². The molecule has 1 aromatic rings. The number of benzene rings is 1. The van der Waals surface area contributed by atoms with Crippen LogP contribution in [0.3, 0.4) is 0 Å². The molecule has 33 heavy (non-hydrogen) atoms. The van der Waals surface area contributed by atoms with Gasteiger partial charge in [0.2, 0.25) is 5.82 Å². The first-order valence-electron chi connectivity index (χ1n) is 13.2. The first-order chi connectivity index (χ1) is 16.1. The molecule has 1 aliphatic heterocycles. The topological polar surface area (TPSA) is 18.5 Å². The normalized spacial score (nSPS) is 30.5. The first kappa shape index (κ1) is 24.4. The van der Waals surface area contributed by atoms with Gasteiger partial charge >= 0.3 is 0 Å². The van der Waals surface area contributed by atoms with Gasteiger partial charge in [-0.3, -0.25) is 0 Å². The van der Waals surface area contributed by atoms with Gasteiger partial charge in [-0.25, -0.2) is 4.39 Å². The minimum Gasteiger partial charge on any atom is -0.491 e. The van der Waals surface area contributed by atoms with Crippen LogP contribution in [0.5, 0.6) is 5.75 Å². The zero-order valence-electron chi connectivity index (χ0n) is 20.3. The Bertz CT molecular complexity index is 838. The molecule has 0 N–H and O–H groups in total. The summed E-state index contributed by atoms with van der Waals surface area (Å²) in [5.74, 6) is 0.237. The van der Waals surface area contributed by atoms with E-state index in [4.69, 9.17) is 9.47 Å². The molecule has 2 fully saturated rings. The lowest BCUT2D eigenvalue weighted by molar-refractivity contribution is -0.0427. The summed E-state index contributed by atoms with van der Waals surface area (Å²) >= 11 is 0. The molecule has 0 radical (unpaired) electrons. The number of hydrogen-bond acceptors (Lipinski definition) is 2. The number of ether oxygens (including phenoxy) is 2. The van der Waals surface area contributed by atoms with E-state index < -0.39 is 11.6 Å². The molecule has 4 heteroatoms. The molecule has 0 bridgehead atoms. The van der Waals surface area contributed by atoms with Gasteiger partial charge in [-0.1, -0.05) is 63.3 Å². The van der Waals surface area contributed by atoms with Gasteiger partial charge in [-0.2, -0.15) is 4.39 Å². The van der Waals surface area contributed by atoms with Crippen LogP contribution in [0, 0.1) is 29.4 Å². The molecule has 182 valence electrons. The Morgan fingerprint density at radius 3 is 2.58 bits per heavy atom. The van der Waals surface area contributed by atoms with E-state index in [0.29, 0.717) is 30.6 Å². The monoisotopic (exact) mass is 458 g/mol. The Balaban J connectivity index is 1.29. The van der Waals surface area contributed by atoms with Crippen molar-refractivity contribution in [1.29, 1.82) is 0 Å². The van der Waals surface area contributed by atoms with Crippen molar-refractivity contribution in [3.63, 3.8) is 0 Å². The number of rotatable bonds is 7.